The van der Waals surface area contributed by atoms with Gasteiger partial charge in [0.1, 0.15) is 11.3 Å². The molecular formula is C21H19NO4S. The molecule has 1 atom stereocenters. The number of carbonyl (C=O) groups is 1. The van der Waals surface area contributed by atoms with E-state index in [1.165, 1.54) is 12.3 Å². The van der Waals surface area contributed by atoms with Crippen molar-refractivity contribution in [3.05, 3.63) is 73.7 Å². The van der Waals surface area contributed by atoms with Crippen LogP contribution >= 0.6 is 11.3 Å². The van der Waals surface area contributed by atoms with Crippen molar-refractivity contribution in [2.45, 2.75) is 25.8 Å². The van der Waals surface area contributed by atoms with Gasteiger partial charge in [-0.2, -0.15) is 0 Å². The molecule has 0 spiro atoms. The van der Waals surface area contributed by atoms with E-state index in [1.54, 1.807) is 18.4 Å². The van der Waals surface area contributed by atoms with Crippen molar-refractivity contribution in [1.29, 1.82) is 0 Å². The summed E-state index contributed by atoms with van der Waals surface area (Å²) in [4.78, 5) is 25.0. The van der Waals surface area contributed by atoms with Crippen molar-refractivity contribution in [2.75, 3.05) is 7.11 Å². The Bertz CT molecular complexity index is 1080. The fourth-order valence-electron chi connectivity index (χ4n) is 3.76. The van der Waals surface area contributed by atoms with Crippen LogP contribution < -0.4 is 10.2 Å². The van der Waals surface area contributed by atoms with E-state index in [4.69, 9.17) is 4.74 Å². The number of carboxylic acid groups (broad SMARTS) is 1. The zero-order valence-corrected chi connectivity index (χ0v) is 15.9. The Labute approximate surface area is 160 Å². The van der Waals surface area contributed by atoms with Crippen LogP contribution in [0.3, 0.4) is 0 Å². The molecule has 6 heteroatoms. The van der Waals surface area contributed by atoms with E-state index in [0.29, 0.717) is 0 Å². The predicted octanol–water partition coefficient (Wildman–Crippen LogP) is 3.99. The summed E-state index contributed by atoms with van der Waals surface area (Å²) in [5, 5.41) is 11.4. The average molecular weight is 381 g/mol. The molecular weight excluding hydrogens is 362 g/mol. The number of hydrogen-bond acceptors (Lipinski definition) is 4. The first-order chi connectivity index (χ1) is 13.0. The Morgan fingerprint density at radius 2 is 2.19 bits per heavy atom. The van der Waals surface area contributed by atoms with Gasteiger partial charge in [0.15, 0.2) is 5.43 Å². The lowest BCUT2D eigenvalue weighted by Gasteiger charge is -2.31. The molecule has 1 aliphatic rings. The minimum Gasteiger partial charge on any atom is -0.496 e. The van der Waals surface area contributed by atoms with Crippen LogP contribution in [0, 0.1) is 0 Å². The summed E-state index contributed by atoms with van der Waals surface area (Å²) in [6, 6.07) is 9.55. The number of benzene rings is 1. The third kappa shape index (κ3) is 2.86. The molecule has 27 heavy (non-hydrogen) atoms. The first-order valence-electron chi connectivity index (χ1n) is 8.76. The van der Waals surface area contributed by atoms with Gasteiger partial charge in [-0.15, -0.1) is 11.3 Å². The summed E-state index contributed by atoms with van der Waals surface area (Å²) in [5.41, 5.74) is 3.23. The van der Waals surface area contributed by atoms with Gasteiger partial charge in [0, 0.05) is 22.7 Å². The first-order valence-corrected chi connectivity index (χ1v) is 9.64. The normalized spacial score (nSPS) is 15.1. The second-order valence-corrected chi connectivity index (χ2v) is 7.54. The Kier molecular flexibility index (Phi) is 4.36. The second kappa shape index (κ2) is 6.70. The minimum absolute atomic E-state index is 0.0377. The predicted molar refractivity (Wildman–Crippen MR) is 105 cm³/mol. The highest BCUT2D eigenvalue weighted by Crippen LogP contribution is 2.41. The standard InChI is InChI=1S/C21H19NO4S/c1-3-12-7-13-8-17(20-5-4-6-27-20)22-11-15(21(24)25)18(23)10-16(22)14(13)9-19(12)26-2/h4-7,9-11,17H,3,8H2,1-2H3,(H,24,25). The van der Waals surface area contributed by atoms with Gasteiger partial charge in [0.25, 0.3) is 0 Å². The maximum Gasteiger partial charge on any atom is 0.341 e. The SMILES string of the molecule is CCc1cc2c(cc1OC)-c1cc(=O)c(C(=O)O)cn1C(c1cccs1)C2. The van der Waals surface area contributed by atoms with Gasteiger partial charge in [-0.05, 0) is 41.5 Å². The van der Waals surface area contributed by atoms with E-state index in [2.05, 4.69) is 13.0 Å². The number of thiophene rings is 1. The molecule has 0 amide bonds. The number of methoxy groups -OCH3 is 1. The Morgan fingerprint density at radius 1 is 1.37 bits per heavy atom. The summed E-state index contributed by atoms with van der Waals surface area (Å²) in [6.45, 7) is 2.08. The molecule has 1 aliphatic heterocycles. The number of aromatic nitrogens is 1. The quantitative estimate of drug-likeness (QED) is 0.742. The van der Waals surface area contributed by atoms with Crippen molar-refractivity contribution >= 4 is 17.3 Å². The van der Waals surface area contributed by atoms with Crippen LogP contribution in [-0.2, 0) is 12.8 Å². The monoisotopic (exact) mass is 381 g/mol. The maximum atomic E-state index is 12.4. The molecule has 1 aromatic carbocycles. The Morgan fingerprint density at radius 3 is 2.81 bits per heavy atom. The van der Waals surface area contributed by atoms with E-state index >= 15 is 0 Å². The average Bonchev–Trinajstić information content (AvgIpc) is 3.20. The van der Waals surface area contributed by atoms with Gasteiger partial charge in [0.05, 0.1) is 18.8 Å². The molecule has 1 unspecified atom stereocenters. The van der Waals surface area contributed by atoms with Crippen LogP contribution in [0.2, 0.25) is 0 Å². The zero-order valence-electron chi connectivity index (χ0n) is 15.1. The number of fused-ring (bicyclic) bond motifs is 3. The first kappa shape index (κ1) is 17.5. The van der Waals surface area contributed by atoms with Gasteiger partial charge in [-0.1, -0.05) is 19.1 Å². The third-order valence-corrected chi connectivity index (χ3v) is 6.07. The maximum absolute atomic E-state index is 12.4. The molecule has 0 aliphatic carbocycles. The van der Waals surface area contributed by atoms with Crippen LogP contribution in [0.5, 0.6) is 5.75 Å². The van der Waals surface area contributed by atoms with Crippen molar-refractivity contribution in [2.24, 2.45) is 0 Å². The lowest BCUT2D eigenvalue weighted by Crippen LogP contribution is -2.26. The highest BCUT2D eigenvalue weighted by molar-refractivity contribution is 7.10. The Hall–Kier alpha value is -2.86. The van der Waals surface area contributed by atoms with Gasteiger partial charge < -0.3 is 14.4 Å². The van der Waals surface area contributed by atoms with Crippen molar-refractivity contribution in [3.8, 4) is 17.0 Å². The summed E-state index contributed by atoms with van der Waals surface area (Å²) in [7, 11) is 1.64. The second-order valence-electron chi connectivity index (χ2n) is 6.56. The van der Waals surface area contributed by atoms with Crippen molar-refractivity contribution < 1.29 is 14.6 Å². The van der Waals surface area contributed by atoms with Crippen LogP contribution in [0.15, 0.2) is 46.7 Å². The smallest absolute Gasteiger partial charge is 0.341 e. The van der Waals surface area contributed by atoms with Crippen LogP contribution in [-0.4, -0.2) is 22.8 Å². The van der Waals surface area contributed by atoms with E-state index < -0.39 is 11.4 Å². The summed E-state index contributed by atoms with van der Waals surface area (Å²) >= 11 is 1.63. The molecule has 0 saturated carbocycles. The van der Waals surface area contributed by atoms with Gasteiger partial charge in [-0.25, -0.2) is 4.79 Å². The lowest BCUT2D eigenvalue weighted by atomic mass is 9.89. The van der Waals surface area contributed by atoms with E-state index in [1.807, 2.05) is 28.1 Å². The molecule has 1 N–H and O–H groups in total. The third-order valence-electron chi connectivity index (χ3n) is 5.09. The van der Waals surface area contributed by atoms with Crippen LogP contribution in [0.1, 0.15) is 39.3 Å². The molecule has 3 heterocycles. The molecule has 138 valence electrons. The number of aromatic carboxylic acids is 1. The van der Waals surface area contributed by atoms with Gasteiger partial charge >= 0.3 is 5.97 Å². The molecule has 0 radical (unpaired) electrons. The van der Waals surface area contributed by atoms with E-state index in [9.17, 15) is 14.7 Å². The number of aryl methyl sites for hydroxylation is 1. The highest BCUT2D eigenvalue weighted by atomic mass is 32.1. The largest absolute Gasteiger partial charge is 0.496 e. The number of carboxylic acids is 1. The lowest BCUT2D eigenvalue weighted by molar-refractivity contribution is 0.0694. The topological polar surface area (TPSA) is 68.5 Å². The Balaban J connectivity index is 2.01. The van der Waals surface area contributed by atoms with Crippen LogP contribution in [0.25, 0.3) is 11.3 Å². The van der Waals surface area contributed by atoms with Gasteiger partial charge in [0.2, 0.25) is 0 Å². The van der Waals surface area contributed by atoms with E-state index in [0.717, 1.165) is 45.9 Å². The molecule has 4 rings (SSSR count). The fourth-order valence-corrected chi connectivity index (χ4v) is 4.58. The van der Waals surface area contributed by atoms with Crippen molar-refractivity contribution in [1.82, 2.24) is 4.57 Å². The zero-order chi connectivity index (χ0) is 19.1. The van der Waals surface area contributed by atoms with Crippen LogP contribution in [0.4, 0.5) is 0 Å². The summed E-state index contributed by atoms with van der Waals surface area (Å²) in [5.74, 6) is -0.419. The molecule has 3 aromatic rings. The molecule has 0 bridgehead atoms. The summed E-state index contributed by atoms with van der Waals surface area (Å²) < 4.78 is 7.45. The van der Waals surface area contributed by atoms with Gasteiger partial charge in [-0.3, -0.25) is 4.79 Å². The summed E-state index contributed by atoms with van der Waals surface area (Å²) in [6.07, 6.45) is 3.07. The van der Waals surface area contributed by atoms with E-state index in [-0.39, 0.29) is 11.6 Å². The number of rotatable bonds is 4. The number of nitrogens with zero attached hydrogens (tertiary/aromatic N) is 1. The number of ether oxygens (including phenoxy) is 1. The number of pyridine rings is 1. The fraction of sp³-hybridized carbons (Fsp3) is 0.238. The molecule has 2 aromatic heterocycles. The minimum atomic E-state index is -1.20. The number of hydrogen-bond donors (Lipinski definition) is 1. The van der Waals surface area contributed by atoms with Crippen molar-refractivity contribution in [3.63, 3.8) is 0 Å². The highest BCUT2D eigenvalue weighted by Gasteiger charge is 2.28. The molecule has 5 nitrogen and oxygen atoms in total. The molecule has 0 fully saturated rings. The molecule has 0 saturated heterocycles.